The van der Waals surface area contributed by atoms with Crippen molar-refractivity contribution in [1.29, 1.82) is 0 Å². The largest absolute Gasteiger partial charge is 0.391 e. The normalized spacial score (nSPS) is 50.9. The van der Waals surface area contributed by atoms with Crippen LogP contribution in [0.25, 0.3) is 0 Å². The Balaban J connectivity index is 1.43. The van der Waals surface area contributed by atoms with E-state index in [4.69, 9.17) is 4.84 Å². The molecule has 31 heavy (non-hydrogen) atoms. The molecular formula is C24H32F2N2O3. The molecule has 4 saturated carbocycles. The Bertz CT molecular complexity index is 854. The molecule has 1 N–H and O–H groups in total. The average Bonchev–Trinajstić information content (AvgIpc) is 3.34. The zero-order valence-electron chi connectivity index (χ0n) is 18.3. The van der Waals surface area contributed by atoms with Crippen LogP contribution in [0.3, 0.4) is 0 Å². The van der Waals surface area contributed by atoms with Crippen LogP contribution in [0, 0.1) is 34.5 Å². The third-order valence-electron chi connectivity index (χ3n) is 9.31. The van der Waals surface area contributed by atoms with Crippen molar-refractivity contribution in [3.05, 3.63) is 12.2 Å². The Morgan fingerprint density at radius 1 is 1.23 bits per heavy atom. The number of carbonyl (C=O) groups is 2. The van der Waals surface area contributed by atoms with Crippen molar-refractivity contribution in [2.75, 3.05) is 13.1 Å². The molecule has 0 radical (unpaired) electrons. The molecule has 170 valence electrons. The molecule has 4 aliphatic carbocycles. The van der Waals surface area contributed by atoms with Crippen molar-refractivity contribution in [2.24, 2.45) is 39.7 Å². The minimum absolute atomic E-state index is 0.0188. The molecule has 0 spiro atoms. The first-order valence-corrected chi connectivity index (χ1v) is 11.6. The van der Waals surface area contributed by atoms with Crippen LogP contribution in [-0.2, 0) is 14.4 Å². The lowest BCUT2D eigenvalue weighted by Gasteiger charge is -2.59. The molecule has 0 aromatic heterocycles. The Morgan fingerprint density at radius 2 is 2.00 bits per heavy atom. The van der Waals surface area contributed by atoms with Crippen LogP contribution in [-0.4, -0.2) is 48.8 Å². The first-order valence-electron chi connectivity index (χ1n) is 11.6. The fraction of sp³-hybridized carbons (Fsp3) is 0.792. The van der Waals surface area contributed by atoms with Gasteiger partial charge in [-0.3, -0.25) is 9.59 Å². The third kappa shape index (κ3) is 2.91. The van der Waals surface area contributed by atoms with E-state index < -0.39 is 46.6 Å². The number of nitrogens with one attached hydrogen (secondary N) is 1. The highest BCUT2D eigenvalue weighted by Crippen LogP contribution is 2.65. The van der Waals surface area contributed by atoms with Crippen LogP contribution in [0.4, 0.5) is 8.78 Å². The number of carbonyl (C=O) groups excluding carboxylic acids is 2. The number of allylic oxidation sites excluding steroid dienone is 1. The van der Waals surface area contributed by atoms with Crippen molar-refractivity contribution >= 4 is 17.3 Å². The Labute approximate surface area is 182 Å². The predicted octanol–water partition coefficient (Wildman–Crippen LogP) is 3.57. The van der Waals surface area contributed by atoms with Crippen molar-refractivity contribution in [2.45, 2.75) is 70.8 Å². The summed E-state index contributed by atoms with van der Waals surface area (Å²) in [6, 6.07) is 0. The summed E-state index contributed by atoms with van der Waals surface area (Å²) in [4.78, 5) is 31.6. The van der Waals surface area contributed by atoms with Gasteiger partial charge < -0.3 is 10.2 Å². The maximum atomic E-state index is 15.5. The van der Waals surface area contributed by atoms with Gasteiger partial charge in [0.05, 0.1) is 11.1 Å². The monoisotopic (exact) mass is 434 g/mol. The van der Waals surface area contributed by atoms with Gasteiger partial charge in [0.15, 0.2) is 23.9 Å². The SMILES string of the molecule is C=C1CC2C(C(=O)C(F)[C@]3(C)C(=O)C(F)CC23)[C@@]2(C)CCC(=NOC3CCNC3)CC12. The van der Waals surface area contributed by atoms with E-state index in [1.165, 1.54) is 6.92 Å². The second-order valence-corrected chi connectivity index (χ2v) is 10.9. The first-order chi connectivity index (χ1) is 14.7. The highest BCUT2D eigenvalue weighted by atomic mass is 19.1. The minimum Gasteiger partial charge on any atom is -0.391 e. The molecule has 5 fully saturated rings. The van der Waals surface area contributed by atoms with Crippen LogP contribution in [0.15, 0.2) is 17.3 Å². The van der Waals surface area contributed by atoms with Crippen molar-refractivity contribution in [3.63, 3.8) is 0 Å². The molecule has 0 amide bonds. The van der Waals surface area contributed by atoms with Gasteiger partial charge in [-0.25, -0.2) is 8.78 Å². The highest BCUT2D eigenvalue weighted by Gasteiger charge is 2.70. The van der Waals surface area contributed by atoms with Crippen molar-refractivity contribution in [1.82, 2.24) is 5.32 Å². The van der Waals surface area contributed by atoms with Crippen LogP contribution in [0.2, 0.25) is 0 Å². The van der Waals surface area contributed by atoms with Gasteiger partial charge in [0.2, 0.25) is 0 Å². The summed E-state index contributed by atoms with van der Waals surface area (Å²) in [6.07, 6.45) is 0.0509. The summed E-state index contributed by atoms with van der Waals surface area (Å²) in [5.41, 5.74) is -0.000615. The van der Waals surface area contributed by atoms with Gasteiger partial charge in [0, 0.05) is 18.9 Å². The summed E-state index contributed by atoms with van der Waals surface area (Å²) in [5.74, 6) is -2.38. The standard InChI is InChI=1S/C24H32F2N2O3/c1-12-8-15-17-10-18(25)22(30)24(17,3)21(26)20(29)19(15)23(2)6-4-13(9-16(12)23)28-31-14-5-7-27-11-14/h14-19,21,27H,1,4-11H2,2-3H3/t14?,15?,16?,17?,18?,19?,21?,23-,24+/m0/s1. The van der Waals surface area contributed by atoms with E-state index in [1.54, 1.807) is 0 Å². The zero-order valence-corrected chi connectivity index (χ0v) is 18.3. The van der Waals surface area contributed by atoms with Gasteiger partial charge in [-0.15, -0.1) is 0 Å². The van der Waals surface area contributed by atoms with Crippen LogP contribution in [0.5, 0.6) is 0 Å². The lowest BCUT2D eigenvalue weighted by atomic mass is 9.43. The molecule has 7 unspecified atom stereocenters. The Kier molecular flexibility index (Phi) is 4.92. The molecule has 0 aromatic carbocycles. The molecule has 1 saturated heterocycles. The third-order valence-corrected chi connectivity index (χ3v) is 9.31. The summed E-state index contributed by atoms with van der Waals surface area (Å²) < 4.78 is 29.9. The number of halogens is 2. The first kappa shape index (κ1) is 21.2. The predicted molar refractivity (Wildman–Crippen MR) is 112 cm³/mol. The zero-order chi connectivity index (χ0) is 22.1. The van der Waals surface area contributed by atoms with Crippen LogP contribution in [0.1, 0.15) is 52.4 Å². The number of oxime groups is 1. The van der Waals surface area contributed by atoms with Crippen LogP contribution >= 0.6 is 0 Å². The fourth-order valence-electron chi connectivity index (χ4n) is 7.53. The summed E-state index contributed by atoms with van der Waals surface area (Å²) in [7, 11) is 0. The van der Waals surface area contributed by atoms with Gasteiger partial charge in [-0.05, 0) is 68.7 Å². The van der Waals surface area contributed by atoms with Crippen molar-refractivity contribution < 1.29 is 23.2 Å². The molecule has 5 nitrogen and oxygen atoms in total. The second kappa shape index (κ2) is 7.19. The molecule has 1 heterocycles. The van der Waals surface area contributed by atoms with E-state index in [2.05, 4.69) is 24.0 Å². The Morgan fingerprint density at radius 3 is 2.71 bits per heavy atom. The number of fused-ring (bicyclic) bond motifs is 5. The summed E-state index contributed by atoms with van der Waals surface area (Å²) in [6.45, 7) is 9.61. The van der Waals surface area contributed by atoms with E-state index in [0.29, 0.717) is 25.7 Å². The molecule has 9 atom stereocenters. The topological polar surface area (TPSA) is 67.8 Å². The molecular weight excluding hydrogens is 402 g/mol. The number of rotatable bonds is 2. The smallest absolute Gasteiger partial charge is 0.176 e. The van der Waals surface area contributed by atoms with Gasteiger partial charge in [0.25, 0.3) is 0 Å². The number of hydrogen-bond acceptors (Lipinski definition) is 5. The second-order valence-electron chi connectivity index (χ2n) is 10.9. The summed E-state index contributed by atoms with van der Waals surface area (Å²) in [5, 5.41) is 7.68. The number of ketones is 2. The van der Waals surface area contributed by atoms with Gasteiger partial charge >= 0.3 is 0 Å². The van der Waals surface area contributed by atoms with E-state index in [1.807, 2.05) is 0 Å². The highest BCUT2D eigenvalue weighted by molar-refractivity contribution is 6.01. The minimum atomic E-state index is -1.93. The number of hydrogen-bond donors (Lipinski definition) is 1. The van der Waals surface area contributed by atoms with Gasteiger partial charge in [-0.2, -0.15) is 0 Å². The quantitative estimate of drug-likeness (QED) is 0.533. The maximum absolute atomic E-state index is 15.5. The number of alkyl halides is 2. The maximum Gasteiger partial charge on any atom is 0.176 e. The number of nitrogens with zero attached hydrogens (tertiary/aromatic N) is 1. The summed E-state index contributed by atoms with van der Waals surface area (Å²) >= 11 is 0. The molecule has 1 aliphatic heterocycles. The van der Waals surface area contributed by atoms with E-state index in [0.717, 1.165) is 30.8 Å². The molecule has 7 heteroatoms. The van der Waals surface area contributed by atoms with Crippen molar-refractivity contribution in [3.8, 4) is 0 Å². The molecule has 5 rings (SSSR count). The van der Waals surface area contributed by atoms with E-state index >= 15 is 4.39 Å². The lowest BCUT2D eigenvalue weighted by Crippen LogP contribution is -2.62. The van der Waals surface area contributed by atoms with E-state index in [9.17, 15) is 14.0 Å². The molecule has 0 bridgehead atoms. The van der Waals surface area contributed by atoms with Crippen LogP contribution < -0.4 is 5.32 Å². The number of Topliss-reactive ketones (excluding diaryl/α,β-unsaturated/α-hetero) is 2. The average molecular weight is 435 g/mol. The van der Waals surface area contributed by atoms with Gasteiger partial charge in [-0.1, -0.05) is 24.2 Å². The Hall–Kier alpha value is -1.63. The van der Waals surface area contributed by atoms with Gasteiger partial charge in [0.1, 0.15) is 6.10 Å². The molecule has 5 aliphatic rings. The lowest BCUT2D eigenvalue weighted by molar-refractivity contribution is -0.166. The fourth-order valence-corrected chi connectivity index (χ4v) is 7.53. The molecule has 0 aromatic rings. The van der Waals surface area contributed by atoms with E-state index in [-0.39, 0.29) is 24.4 Å².